The quantitative estimate of drug-likeness (QED) is 0.801. The van der Waals surface area contributed by atoms with Gasteiger partial charge in [0, 0.05) is 11.9 Å². The highest BCUT2D eigenvalue weighted by Gasteiger charge is 2.13. The molecule has 2 aromatic rings. The van der Waals surface area contributed by atoms with E-state index in [4.69, 9.17) is 21.1 Å². The summed E-state index contributed by atoms with van der Waals surface area (Å²) in [4.78, 5) is 11.6. The summed E-state index contributed by atoms with van der Waals surface area (Å²) in [6.07, 6.45) is 1.77. The minimum Gasteiger partial charge on any atom is -0.495 e. The van der Waals surface area contributed by atoms with Crippen LogP contribution in [0.3, 0.4) is 0 Å². The van der Waals surface area contributed by atoms with Gasteiger partial charge in [-0.15, -0.1) is 0 Å². The van der Waals surface area contributed by atoms with E-state index < -0.39 is 5.97 Å². The lowest BCUT2D eigenvalue weighted by atomic mass is 10.3. The van der Waals surface area contributed by atoms with E-state index in [1.165, 1.54) is 7.11 Å². The Morgan fingerprint density at radius 1 is 1.28 bits per heavy atom. The summed E-state index contributed by atoms with van der Waals surface area (Å²) < 4.78 is 11.5. The number of hydrogen-bond acceptors (Lipinski definition) is 3. The van der Waals surface area contributed by atoms with Crippen LogP contribution in [0.2, 0.25) is 5.02 Å². The number of carbonyl (C=O) groups is 1. The highest BCUT2D eigenvalue weighted by atomic mass is 35.5. The van der Waals surface area contributed by atoms with Crippen LogP contribution >= 0.6 is 11.6 Å². The number of rotatable bonds is 3. The standard InChI is InChI=1S/C13H12ClNO3/c1-17-12-6-5-9(8-10(12)14)15-7-3-4-11(15)13(16)18-2/h3-8H,1-2H3. The van der Waals surface area contributed by atoms with Crippen molar-refractivity contribution in [2.45, 2.75) is 0 Å². The molecule has 4 nitrogen and oxygen atoms in total. The minimum absolute atomic E-state index is 0.396. The van der Waals surface area contributed by atoms with E-state index in [-0.39, 0.29) is 0 Å². The maximum atomic E-state index is 11.6. The van der Waals surface area contributed by atoms with E-state index in [1.54, 1.807) is 42.1 Å². The normalized spacial score (nSPS) is 10.2. The Morgan fingerprint density at radius 2 is 2.06 bits per heavy atom. The van der Waals surface area contributed by atoms with Crippen LogP contribution in [0.5, 0.6) is 5.75 Å². The van der Waals surface area contributed by atoms with Gasteiger partial charge in [0.15, 0.2) is 0 Å². The van der Waals surface area contributed by atoms with Crippen molar-refractivity contribution in [1.82, 2.24) is 4.57 Å². The van der Waals surface area contributed by atoms with Crippen molar-refractivity contribution in [3.8, 4) is 11.4 Å². The van der Waals surface area contributed by atoms with Crippen molar-refractivity contribution in [3.63, 3.8) is 0 Å². The van der Waals surface area contributed by atoms with Crippen molar-refractivity contribution >= 4 is 17.6 Å². The molecular formula is C13H12ClNO3. The Balaban J connectivity index is 2.46. The molecule has 0 aliphatic carbocycles. The number of aromatic nitrogens is 1. The van der Waals surface area contributed by atoms with Crippen molar-refractivity contribution in [1.29, 1.82) is 0 Å². The van der Waals surface area contributed by atoms with Crippen LogP contribution in [0.25, 0.3) is 5.69 Å². The zero-order valence-corrected chi connectivity index (χ0v) is 10.8. The van der Waals surface area contributed by atoms with Crippen molar-refractivity contribution in [2.75, 3.05) is 14.2 Å². The number of hydrogen-bond donors (Lipinski definition) is 0. The Kier molecular flexibility index (Phi) is 3.58. The van der Waals surface area contributed by atoms with Crippen molar-refractivity contribution < 1.29 is 14.3 Å². The number of ether oxygens (including phenoxy) is 2. The molecular weight excluding hydrogens is 254 g/mol. The summed E-state index contributed by atoms with van der Waals surface area (Å²) in [7, 11) is 2.90. The highest BCUT2D eigenvalue weighted by Crippen LogP contribution is 2.27. The molecule has 1 aromatic heterocycles. The van der Waals surface area contributed by atoms with Gasteiger partial charge in [-0.3, -0.25) is 0 Å². The molecule has 0 bridgehead atoms. The number of carbonyl (C=O) groups excluding carboxylic acids is 1. The third-order valence-electron chi connectivity index (χ3n) is 2.56. The molecule has 1 aromatic carbocycles. The first kappa shape index (κ1) is 12.5. The van der Waals surface area contributed by atoms with Crippen molar-refractivity contribution in [3.05, 3.63) is 47.2 Å². The second-order valence-corrected chi connectivity index (χ2v) is 3.98. The third-order valence-corrected chi connectivity index (χ3v) is 2.85. The van der Waals surface area contributed by atoms with Crippen LogP contribution < -0.4 is 4.74 Å². The van der Waals surface area contributed by atoms with Gasteiger partial charge < -0.3 is 14.0 Å². The summed E-state index contributed by atoms with van der Waals surface area (Å²) in [5.41, 5.74) is 1.21. The van der Waals surface area contributed by atoms with Crippen LogP contribution in [0.1, 0.15) is 10.5 Å². The fourth-order valence-corrected chi connectivity index (χ4v) is 1.93. The van der Waals surface area contributed by atoms with E-state index in [9.17, 15) is 4.79 Å². The zero-order valence-electron chi connectivity index (χ0n) is 10.0. The molecule has 94 valence electrons. The van der Waals surface area contributed by atoms with E-state index in [0.29, 0.717) is 16.5 Å². The molecule has 2 rings (SSSR count). The largest absolute Gasteiger partial charge is 0.495 e. The van der Waals surface area contributed by atoms with Gasteiger partial charge in [-0.05, 0) is 30.3 Å². The SMILES string of the molecule is COC(=O)c1cccn1-c1ccc(OC)c(Cl)c1. The van der Waals surface area contributed by atoms with Gasteiger partial charge in [0.05, 0.1) is 19.2 Å². The molecule has 0 radical (unpaired) electrons. The van der Waals surface area contributed by atoms with Crippen LogP contribution in [-0.4, -0.2) is 24.8 Å². The van der Waals surface area contributed by atoms with E-state index >= 15 is 0 Å². The fraction of sp³-hybridized carbons (Fsp3) is 0.154. The van der Waals surface area contributed by atoms with Gasteiger partial charge in [-0.2, -0.15) is 0 Å². The second-order valence-electron chi connectivity index (χ2n) is 3.57. The molecule has 18 heavy (non-hydrogen) atoms. The number of esters is 1. The van der Waals surface area contributed by atoms with Gasteiger partial charge >= 0.3 is 5.97 Å². The number of nitrogens with zero attached hydrogens (tertiary/aromatic N) is 1. The lowest BCUT2D eigenvalue weighted by molar-refractivity contribution is 0.0591. The predicted molar refractivity (Wildman–Crippen MR) is 68.7 cm³/mol. The smallest absolute Gasteiger partial charge is 0.355 e. The molecule has 0 fully saturated rings. The monoisotopic (exact) mass is 265 g/mol. The Labute approximate surface area is 110 Å². The molecule has 0 spiro atoms. The van der Waals surface area contributed by atoms with Crippen LogP contribution in [-0.2, 0) is 4.74 Å². The van der Waals surface area contributed by atoms with Gasteiger partial charge in [0.1, 0.15) is 11.4 Å². The fourth-order valence-electron chi connectivity index (χ4n) is 1.68. The Morgan fingerprint density at radius 3 is 2.67 bits per heavy atom. The summed E-state index contributed by atoms with van der Waals surface area (Å²) in [6.45, 7) is 0. The molecule has 0 atom stereocenters. The van der Waals surface area contributed by atoms with Crippen molar-refractivity contribution in [2.24, 2.45) is 0 Å². The average molecular weight is 266 g/mol. The third kappa shape index (κ3) is 2.19. The molecule has 0 saturated heterocycles. The van der Waals surface area contributed by atoms with Crippen LogP contribution in [0.4, 0.5) is 0 Å². The molecule has 0 aliphatic heterocycles. The number of halogens is 1. The predicted octanol–water partition coefficient (Wildman–Crippen LogP) is 2.93. The van der Waals surface area contributed by atoms with E-state index in [2.05, 4.69) is 0 Å². The summed E-state index contributed by atoms with van der Waals surface area (Å²) >= 11 is 6.06. The first-order chi connectivity index (χ1) is 8.67. The van der Waals surface area contributed by atoms with Gasteiger partial charge in [-0.1, -0.05) is 11.6 Å². The van der Waals surface area contributed by atoms with Gasteiger partial charge in [0.2, 0.25) is 0 Å². The molecule has 1 heterocycles. The van der Waals surface area contributed by atoms with Gasteiger partial charge in [0.25, 0.3) is 0 Å². The maximum absolute atomic E-state index is 11.6. The lowest BCUT2D eigenvalue weighted by Crippen LogP contribution is -2.08. The topological polar surface area (TPSA) is 40.5 Å². The Hall–Kier alpha value is -1.94. The first-order valence-corrected chi connectivity index (χ1v) is 5.64. The molecule has 0 saturated carbocycles. The van der Waals surface area contributed by atoms with Crippen LogP contribution in [0.15, 0.2) is 36.5 Å². The summed E-state index contributed by atoms with van der Waals surface area (Å²) in [5, 5.41) is 0.486. The molecule has 5 heteroatoms. The first-order valence-electron chi connectivity index (χ1n) is 5.27. The van der Waals surface area contributed by atoms with E-state index in [1.807, 2.05) is 6.07 Å². The molecule has 0 N–H and O–H groups in total. The van der Waals surface area contributed by atoms with Crippen LogP contribution in [0, 0.1) is 0 Å². The summed E-state index contributed by atoms with van der Waals surface area (Å²) in [6, 6.07) is 8.75. The Bertz CT molecular complexity index is 577. The average Bonchev–Trinajstić information content (AvgIpc) is 2.86. The zero-order chi connectivity index (χ0) is 13.1. The van der Waals surface area contributed by atoms with E-state index in [0.717, 1.165) is 5.69 Å². The van der Waals surface area contributed by atoms with Gasteiger partial charge in [-0.25, -0.2) is 4.79 Å². The second kappa shape index (κ2) is 5.14. The maximum Gasteiger partial charge on any atom is 0.355 e. The molecule has 0 unspecified atom stereocenters. The molecule has 0 aliphatic rings. The summed E-state index contributed by atoms with van der Waals surface area (Å²) in [5.74, 6) is 0.194. The number of methoxy groups -OCH3 is 2. The minimum atomic E-state index is -0.396. The highest BCUT2D eigenvalue weighted by molar-refractivity contribution is 6.32. The molecule has 0 amide bonds. The lowest BCUT2D eigenvalue weighted by Gasteiger charge is -2.10. The number of benzene rings is 1.